The van der Waals surface area contributed by atoms with Gasteiger partial charge in [-0.05, 0) is 20.8 Å². The third-order valence-corrected chi connectivity index (χ3v) is 5.23. The Labute approximate surface area is 116 Å². The van der Waals surface area contributed by atoms with Gasteiger partial charge < -0.3 is 13.3 Å². The van der Waals surface area contributed by atoms with E-state index in [-0.39, 0.29) is 0 Å². The fraction of sp³-hybridized carbons (Fsp3) is 1.00. The molecule has 0 aliphatic carbocycles. The smallest absolute Gasteiger partial charge is 0.374 e. The second kappa shape index (κ2) is 10.2. The van der Waals surface area contributed by atoms with Gasteiger partial charge in [0, 0.05) is 36.5 Å². The van der Waals surface area contributed by atoms with E-state index in [0.717, 1.165) is 0 Å². The third-order valence-electron chi connectivity index (χ3n) is 1.74. The molecule has 0 amide bonds. The molecule has 0 spiro atoms. The van der Waals surface area contributed by atoms with Gasteiger partial charge in [0.1, 0.15) is 0 Å². The van der Waals surface area contributed by atoms with E-state index in [1.54, 1.807) is 0 Å². The molecule has 0 radical (unpaired) electrons. The SMILES string of the molecule is CCO[Si](OCC)(OCC)C(C)C.O=S(O)(O)=S. The van der Waals surface area contributed by atoms with Gasteiger partial charge in [-0.2, -0.15) is 4.21 Å². The zero-order valence-corrected chi connectivity index (χ0v) is 14.2. The van der Waals surface area contributed by atoms with Crippen LogP contribution in [0, 0.1) is 0 Å². The van der Waals surface area contributed by atoms with E-state index < -0.39 is 17.9 Å². The molecular weight excluding hydrogens is 296 g/mol. The van der Waals surface area contributed by atoms with Crippen molar-refractivity contribution in [3.63, 3.8) is 0 Å². The minimum Gasteiger partial charge on any atom is -0.374 e. The average Bonchev–Trinajstić information content (AvgIpc) is 2.15. The second-order valence-electron chi connectivity index (χ2n) is 3.51. The molecule has 0 fully saturated rings. The minimum atomic E-state index is -3.83. The van der Waals surface area contributed by atoms with Gasteiger partial charge in [-0.25, -0.2) is 0 Å². The zero-order chi connectivity index (χ0) is 14.8. The predicted molar refractivity (Wildman–Crippen MR) is 76.5 cm³/mol. The van der Waals surface area contributed by atoms with Crippen LogP contribution in [0.3, 0.4) is 0 Å². The molecule has 18 heavy (non-hydrogen) atoms. The van der Waals surface area contributed by atoms with Gasteiger partial charge in [-0.1, -0.05) is 13.8 Å². The van der Waals surface area contributed by atoms with Crippen LogP contribution in [-0.2, 0) is 33.5 Å². The summed E-state index contributed by atoms with van der Waals surface area (Å²) in [6.07, 6.45) is 0. The van der Waals surface area contributed by atoms with Gasteiger partial charge in [0.15, 0.2) is 0 Å². The quantitative estimate of drug-likeness (QED) is 0.695. The largest absolute Gasteiger partial charge is 0.503 e. The Kier molecular flexibility index (Phi) is 11.7. The highest BCUT2D eigenvalue weighted by molar-refractivity contribution is 8.26. The summed E-state index contributed by atoms with van der Waals surface area (Å²) in [7, 11) is -6.21. The molecule has 0 heterocycles. The minimum absolute atomic E-state index is 0.326. The highest BCUT2D eigenvalue weighted by Gasteiger charge is 2.44. The molecule has 112 valence electrons. The molecule has 6 nitrogen and oxygen atoms in total. The summed E-state index contributed by atoms with van der Waals surface area (Å²) >= 11 is 3.47. The van der Waals surface area contributed by atoms with Crippen LogP contribution in [0.4, 0.5) is 0 Å². The highest BCUT2D eigenvalue weighted by Crippen LogP contribution is 2.24. The molecule has 0 aromatic carbocycles. The first-order valence-corrected chi connectivity index (χ1v) is 9.94. The number of rotatable bonds is 7. The summed E-state index contributed by atoms with van der Waals surface area (Å²) in [5, 5.41) is 0. The van der Waals surface area contributed by atoms with E-state index in [4.69, 9.17) is 26.6 Å². The summed E-state index contributed by atoms with van der Waals surface area (Å²) in [5.41, 5.74) is 0.326. The average molecular weight is 321 g/mol. The summed E-state index contributed by atoms with van der Waals surface area (Å²) < 4.78 is 41.0. The van der Waals surface area contributed by atoms with Crippen LogP contribution in [0.25, 0.3) is 0 Å². The second-order valence-corrected chi connectivity index (χ2v) is 8.93. The van der Waals surface area contributed by atoms with E-state index in [1.165, 1.54) is 0 Å². The van der Waals surface area contributed by atoms with Crippen molar-refractivity contribution in [2.75, 3.05) is 19.8 Å². The van der Waals surface area contributed by atoms with Crippen LogP contribution in [-0.4, -0.2) is 41.9 Å². The lowest BCUT2D eigenvalue weighted by Crippen LogP contribution is -2.48. The lowest BCUT2D eigenvalue weighted by molar-refractivity contribution is 0.0641. The first kappa shape index (κ1) is 20.7. The molecule has 0 aromatic rings. The fourth-order valence-electron chi connectivity index (χ4n) is 1.23. The van der Waals surface area contributed by atoms with Crippen LogP contribution in [0.5, 0.6) is 0 Å². The lowest BCUT2D eigenvalue weighted by atomic mass is 10.6. The van der Waals surface area contributed by atoms with Crippen molar-refractivity contribution in [1.82, 2.24) is 0 Å². The van der Waals surface area contributed by atoms with Gasteiger partial charge in [-0.15, -0.1) is 0 Å². The highest BCUT2D eigenvalue weighted by atomic mass is 32.9. The van der Waals surface area contributed by atoms with E-state index >= 15 is 0 Å². The standard InChI is InChI=1S/C9H22O3Si.H2O3S2/c1-6-10-13(9(4)5,11-7-2)12-8-3;1-5(2,3)4/h9H,6-8H2,1-5H3;(H2,1,2,3,4). The first-order chi connectivity index (χ1) is 8.13. The van der Waals surface area contributed by atoms with E-state index in [1.807, 2.05) is 20.8 Å². The summed E-state index contributed by atoms with van der Waals surface area (Å²) in [6, 6.07) is 0. The Hall–Kier alpha value is 0.387. The maximum absolute atomic E-state index is 9.11. The van der Waals surface area contributed by atoms with Crippen molar-refractivity contribution in [2.45, 2.75) is 40.2 Å². The third kappa shape index (κ3) is 11.5. The van der Waals surface area contributed by atoms with E-state index in [2.05, 4.69) is 25.0 Å². The Morgan fingerprint density at radius 1 is 1.06 bits per heavy atom. The molecule has 0 bridgehead atoms. The number of hydrogen-bond donors (Lipinski definition) is 2. The Morgan fingerprint density at radius 2 is 1.28 bits per heavy atom. The normalized spacial score (nSPS) is 12.2. The molecule has 0 saturated carbocycles. The van der Waals surface area contributed by atoms with E-state index in [9.17, 15) is 0 Å². The fourth-order valence-corrected chi connectivity index (χ4v) is 3.69. The van der Waals surface area contributed by atoms with Crippen LogP contribution in [0.2, 0.25) is 5.54 Å². The molecule has 0 unspecified atom stereocenters. The van der Waals surface area contributed by atoms with Crippen LogP contribution in [0.15, 0.2) is 0 Å². The molecule has 0 saturated heterocycles. The summed E-state index contributed by atoms with van der Waals surface area (Å²) in [5.74, 6) is 0. The van der Waals surface area contributed by atoms with Gasteiger partial charge in [0.2, 0.25) is 0 Å². The Morgan fingerprint density at radius 3 is 1.39 bits per heavy atom. The molecule has 2 N–H and O–H groups in total. The van der Waals surface area contributed by atoms with Crippen molar-refractivity contribution in [1.29, 1.82) is 0 Å². The topological polar surface area (TPSA) is 85.2 Å². The van der Waals surface area contributed by atoms with Gasteiger partial charge >= 0.3 is 8.80 Å². The van der Waals surface area contributed by atoms with Crippen molar-refractivity contribution in [3.8, 4) is 0 Å². The van der Waals surface area contributed by atoms with Crippen LogP contribution in [0.1, 0.15) is 34.6 Å². The monoisotopic (exact) mass is 320 g/mol. The van der Waals surface area contributed by atoms with Crippen LogP contribution >= 0.6 is 0 Å². The molecular formula is C9H24O6S2Si. The maximum Gasteiger partial charge on any atom is 0.503 e. The predicted octanol–water partition coefficient (Wildman–Crippen LogP) is 2.12. The summed E-state index contributed by atoms with van der Waals surface area (Å²) in [4.78, 5) is 0. The van der Waals surface area contributed by atoms with Gasteiger partial charge in [-0.3, -0.25) is 9.11 Å². The van der Waals surface area contributed by atoms with Crippen molar-refractivity contribution in [2.24, 2.45) is 0 Å². The van der Waals surface area contributed by atoms with Crippen molar-refractivity contribution < 1.29 is 26.6 Å². The van der Waals surface area contributed by atoms with E-state index in [0.29, 0.717) is 25.4 Å². The lowest BCUT2D eigenvalue weighted by Gasteiger charge is -2.31. The van der Waals surface area contributed by atoms with Crippen molar-refractivity contribution >= 4 is 29.0 Å². The molecule has 9 heteroatoms. The molecule has 0 aliphatic rings. The van der Waals surface area contributed by atoms with Crippen molar-refractivity contribution in [3.05, 3.63) is 0 Å². The molecule has 0 aliphatic heterocycles. The van der Waals surface area contributed by atoms with Gasteiger partial charge in [0.05, 0.1) is 0 Å². The molecule has 0 atom stereocenters. The Bertz CT molecular complexity index is 268. The van der Waals surface area contributed by atoms with Crippen LogP contribution < -0.4 is 0 Å². The zero-order valence-electron chi connectivity index (χ0n) is 11.5. The molecule has 0 aromatic heterocycles. The first-order valence-electron chi connectivity index (χ1n) is 5.74. The summed E-state index contributed by atoms with van der Waals surface area (Å²) in [6.45, 7) is 12.1. The molecule has 0 rings (SSSR count). The number of hydrogen-bond acceptors (Lipinski definition) is 5. The Balaban J connectivity index is 0. The van der Waals surface area contributed by atoms with Gasteiger partial charge in [0.25, 0.3) is 9.05 Å². The maximum atomic E-state index is 9.11.